The number of imide groups is 1. The molecule has 3 aromatic rings. The van der Waals surface area contributed by atoms with Crippen molar-refractivity contribution in [2.75, 3.05) is 16.9 Å². The Morgan fingerprint density at radius 1 is 1.24 bits per heavy atom. The molecule has 1 aliphatic carbocycles. The quantitative estimate of drug-likeness (QED) is 0.344. The van der Waals surface area contributed by atoms with Gasteiger partial charge >= 0.3 is 0 Å². The minimum Gasteiger partial charge on any atom is -0.351 e. The van der Waals surface area contributed by atoms with Gasteiger partial charge in [-0.05, 0) is 36.6 Å². The minimum absolute atomic E-state index is 0.0101. The van der Waals surface area contributed by atoms with Crippen molar-refractivity contribution in [3.63, 3.8) is 0 Å². The van der Waals surface area contributed by atoms with Gasteiger partial charge in [0, 0.05) is 30.0 Å². The van der Waals surface area contributed by atoms with E-state index in [1.54, 1.807) is 35.0 Å². The maximum Gasteiger partial charge on any atom is 0.254 e. The molecule has 0 radical (unpaired) electrons. The van der Waals surface area contributed by atoms with Crippen LogP contribution in [0, 0.1) is 0 Å². The molecule has 2 amide bonds. The number of rotatable bonds is 7. The van der Waals surface area contributed by atoms with Gasteiger partial charge in [0.15, 0.2) is 15.5 Å². The highest BCUT2D eigenvalue weighted by Crippen LogP contribution is 2.26. The lowest BCUT2D eigenvalue weighted by Gasteiger charge is -2.11. The van der Waals surface area contributed by atoms with Crippen molar-refractivity contribution in [3.8, 4) is 0 Å². The van der Waals surface area contributed by atoms with Crippen molar-refractivity contribution < 1.29 is 18.0 Å². The van der Waals surface area contributed by atoms with Gasteiger partial charge in [-0.3, -0.25) is 14.9 Å². The summed E-state index contributed by atoms with van der Waals surface area (Å²) in [5.41, 5.74) is 2.16. The van der Waals surface area contributed by atoms with Crippen molar-refractivity contribution in [2.45, 2.75) is 36.7 Å². The monoisotopic (exact) mass is 467 g/mol. The predicted molar refractivity (Wildman–Crippen MR) is 120 cm³/mol. The van der Waals surface area contributed by atoms with Crippen LogP contribution in [0.2, 0.25) is 0 Å². The highest BCUT2D eigenvalue weighted by Gasteiger charge is 2.26. The van der Waals surface area contributed by atoms with E-state index in [0.29, 0.717) is 41.3 Å². The Balaban J connectivity index is 1.48. The summed E-state index contributed by atoms with van der Waals surface area (Å²) < 4.78 is 25.2. The van der Waals surface area contributed by atoms with E-state index in [1.807, 2.05) is 6.07 Å². The molecule has 2 aromatic heterocycles. The fourth-order valence-electron chi connectivity index (χ4n) is 3.45. The molecule has 0 atom stereocenters. The average molecular weight is 468 g/mol. The molecule has 1 saturated heterocycles. The Kier molecular flexibility index (Phi) is 5.08. The van der Waals surface area contributed by atoms with Crippen LogP contribution in [0.4, 0.5) is 11.9 Å². The number of carbonyl (C=O) groups excluding carboxylic acids is 2. The number of aromatic nitrogens is 4. The van der Waals surface area contributed by atoms with Crippen molar-refractivity contribution in [1.82, 2.24) is 24.9 Å². The summed E-state index contributed by atoms with van der Waals surface area (Å²) in [6.45, 7) is 0.309. The van der Waals surface area contributed by atoms with Crippen molar-refractivity contribution >= 4 is 45.3 Å². The summed E-state index contributed by atoms with van der Waals surface area (Å²) in [6.07, 6.45) is 6.43. The third kappa shape index (κ3) is 4.55. The van der Waals surface area contributed by atoms with E-state index in [0.717, 1.165) is 18.4 Å². The fourth-order valence-corrected chi connectivity index (χ4v) is 4.15. The van der Waals surface area contributed by atoms with Gasteiger partial charge in [0.2, 0.25) is 17.8 Å². The molecule has 2 aliphatic rings. The number of fused-ring (bicyclic) bond motifs is 1. The standard InChI is InChI=1S/C21H21N7O4S/c1-33(31,32)16-4-2-3-12(7-16)10-22-20-26-18-14(8-13-9-17(29)25-19(13)30)11-23-28(18)21(27-20)24-15-5-6-15/h2-4,7-8,11,15H,5-6,9-10H2,1H3,(H,25,29,30)(H2,22,24,26,27)/b13-8+. The zero-order valence-corrected chi connectivity index (χ0v) is 18.5. The zero-order valence-electron chi connectivity index (χ0n) is 17.7. The number of sulfone groups is 1. The van der Waals surface area contributed by atoms with Gasteiger partial charge in [0.25, 0.3) is 5.91 Å². The van der Waals surface area contributed by atoms with Gasteiger partial charge in [-0.25, -0.2) is 8.42 Å². The molecule has 2 fully saturated rings. The third-order valence-electron chi connectivity index (χ3n) is 5.31. The smallest absolute Gasteiger partial charge is 0.254 e. The van der Waals surface area contributed by atoms with Gasteiger partial charge in [0.05, 0.1) is 17.5 Å². The van der Waals surface area contributed by atoms with Crippen LogP contribution < -0.4 is 16.0 Å². The highest BCUT2D eigenvalue weighted by atomic mass is 32.2. The first kappa shape index (κ1) is 21.1. The van der Waals surface area contributed by atoms with Crippen LogP contribution in [0.3, 0.4) is 0 Å². The Hall–Kier alpha value is -3.80. The molecule has 0 unspecified atom stereocenters. The third-order valence-corrected chi connectivity index (χ3v) is 6.42. The van der Waals surface area contributed by atoms with E-state index in [2.05, 4.69) is 31.0 Å². The molecule has 3 heterocycles. The van der Waals surface area contributed by atoms with Gasteiger partial charge in [-0.1, -0.05) is 12.1 Å². The Labute approximate surface area is 189 Å². The maximum absolute atomic E-state index is 12.0. The van der Waals surface area contributed by atoms with Crippen molar-refractivity contribution in [3.05, 3.63) is 47.2 Å². The molecule has 1 aromatic carbocycles. The second-order valence-electron chi connectivity index (χ2n) is 8.12. The maximum atomic E-state index is 12.0. The SMILES string of the molecule is CS(=O)(=O)c1cccc(CNc2nc(NC3CC3)n3ncc(/C=C4\CC(=O)NC4=O)c3n2)c1. The zero-order chi connectivity index (χ0) is 23.2. The number of amides is 2. The van der Waals surface area contributed by atoms with Gasteiger partial charge in [-0.15, -0.1) is 0 Å². The number of nitrogens with zero attached hydrogens (tertiary/aromatic N) is 4. The first-order valence-corrected chi connectivity index (χ1v) is 12.3. The largest absolute Gasteiger partial charge is 0.351 e. The molecule has 3 N–H and O–H groups in total. The van der Waals surface area contributed by atoms with E-state index in [9.17, 15) is 18.0 Å². The van der Waals surface area contributed by atoms with Crippen molar-refractivity contribution in [2.24, 2.45) is 0 Å². The number of hydrogen-bond donors (Lipinski definition) is 3. The summed E-state index contributed by atoms with van der Waals surface area (Å²) in [7, 11) is -3.31. The minimum atomic E-state index is -3.31. The molecule has 12 heteroatoms. The molecular formula is C21H21N7O4S. The molecule has 0 bridgehead atoms. The lowest BCUT2D eigenvalue weighted by molar-refractivity contribution is -0.124. The van der Waals surface area contributed by atoms with Crippen LogP contribution in [-0.2, 0) is 26.0 Å². The Morgan fingerprint density at radius 3 is 2.76 bits per heavy atom. The average Bonchev–Trinajstić information content (AvgIpc) is 3.40. The number of hydrogen-bond acceptors (Lipinski definition) is 9. The van der Waals surface area contributed by atoms with Crippen molar-refractivity contribution in [1.29, 1.82) is 0 Å². The van der Waals surface area contributed by atoms with Crippen LogP contribution in [0.15, 0.2) is 40.9 Å². The van der Waals surface area contributed by atoms with Gasteiger partial charge in [-0.2, -0.15) is 19.6 Å². The van der Waals surface area contributed by atoms with Crippen LogP contribution in [0.5, 0.6) is 0 Å². The number of nitrogens with one attached hydrogen (secondary N) is 3. The molecule has 170 valence electrons. The van der Waals surface area contributed by atoms with E-state index in [4.69, 9.17) is 0 Å². The van der Waals surface area contributed by atoms with Gasteiger partial charge < -0.3 is 10.6 Å². The second kappa shape index (κ2) is 7.96. The van der Waals surface area contributed by atoms with E-state index >= 15 is 0 Å². The number of carbonyl (C=O) groups is 2. The lowest BCUT2D eigenvalue weighted by Crippen LogP contribution is -2.19. The van der Waals surface area contributed by atoms with E-state index in [-0.39, 0.29) is 17.2 Å². The first-order valence-electron chi connectivity index (χ1n) is 10.4. The van der Waals surface area contributed by atoms with E-state index in [1.165, 1.54) is 6.26 Å². The highest BCUT2D eigenvalue weighted by molar-refractivity contribution is 7.90. The molecule has 1 aliphatic heterocycles. The molecule has 1 saturated carbocycles. The lowest BCUT2D eigenvalue weighted by atomic mass is 10.1. The predicted octanol–water partition coefficient (Wildman–Crippen LogP) is 1.14. The topological polar surface area (TPSA) is 147 Å². The molecule has 33 heavy (non-hydrogen) atoms. The summed E-state index contributed by atoms with van der Waals surface area (Å²) >= 11 is 0. The van der Waals surface area contributed by atoms with Crippen LogP contribution >= 0.6 is 0 Å². The number of benzene rings is 1. The second-order valence-corrected chi connectivity index (χ2v) is 10.1. The van der Waals surface area contributed by atoms with Crippen LogP contribution in [0.25, 0.3) is 11.7 Å². The normalized spacial score (nSPS) is 17.5. The summed E-state index contributed by atoms with van der Waals surface area (Å²) in [5.74, 6) is 0.0648. The summed E-state index contributed by atoms with van der Waals surface area (Å²) in [5, 5.41) is 13.1. The Morgan fingerprint density at radius 2 is 2.06 bits per heavy atom. The van der Waals surface area contributed by atoms with Gasteiger partial charge in [0.1, 0.15) is 0 Å². The molecule has 5 rings (SSSR count). The summed E-state index contributed by atoms with van der Waals surface area (Å²) in [4.78, 5) is 32.8. The number of anilines is 2. The summed E-state index contributed by atoms with van der Waals surface area (Å²) in [6, 6.07) is 6.97. The first-order chi connectivity index (χ1) is 15.8. The van der Waals surface area contributed by atoms with Crippen LogP contribution in [-0.4, -0.2) is 52.1 Å². The Bertz CT molecular complexity index is 1420. The van der Waals surface area contributed by atoms with E-state index < -0.39 is 15.7 Å². The molecular weight excluding hydrogens is 446 g/mol. The fraction of sp³-hybridized carbons (Fsp3) is 0.286. The molecule has 11 nitrogen and oxygen atoms in total. The van der Waals surface area contributed by atoms with Crippen LogP contribution in [0.1, 0.15) is 30.4 Å². The molecule has 0 spiro atoms.